The van der Waals surface area contributed by atoms with Crippen LogP contribution in [0.4, 0.5) is 0 Å². The maximum atomic E-state index is 12.4. The van der Waals surface area contributed by atoms with Crippen molar-refractivity contribution in [2.75, 3.05) is 20.7 Å². The molecule has 0 aromatic heterocycles. The first-order valence-corrected chi connectivity index (χ1v) is 7.77. The van der Waals surface area contributed by atoms with Gasteiger partial charge < -0.3 is 20.1 Å². The zero-order chi connectivity index (χ0) is 15.4. The average molecular weight is 357 g/mol. The third-order valence-electron chi connectivity index (χ3n) is 3.67. The van der Waals surface area contributed by atoms with Gasteiger partial charge in [0.2, 0.25) is 0 Å². The van der Waals surface area contributed by atoms with Crippen LogP contribution in [0.25, 0.3) is 0 Å². The van der Waals surface area contributed by atoms with Crippen molar-refractivity contribution >= 4 is 21.8 Å². The van der Waals surface area contributed by atoms with E-state index < -0.39 is 0 Å². The van der Waals surface area contributed by atoms with Crippen molar-refractivity contribution in [1.29, 1.82) is 0 Å². The maximum Gasteiger partial charge on any atom is 0.251 e. The molecule has 2 N–H and O–H groups in total. The Morgan fingerprint density at radius 3 is 2.90 bits per heavy atom. The number of nitrogens with zero attached hydrogens (tertiary/aromatic N) is 1. The Morgan fingerprint density at radius 1 is 1.52 bits per heavy atom. The number of likely N-dealkylation sites (N-methyl/N-ethyl adjacent to an activating group) is 1. The lowest BCUT2D eigenvalue weighted by Gasteiger charge is -2.22. The monoisotopic (exact) mass is 356 g/mol. The number of hydrogen-bond donors (Lipinski definition) is 1. The summed E-state index contributed by atoms with van der Waals surface area (Å²) in [6.07, 6.45) is 1.22. The van der Waals surface area contributed by atoms with Gasteiger partial charge in [0.15, 0.2) is 0 Å². The van der Waals surface area contributed by atoms with Gasteiger partial charge in [-0.05, 0) is 31.0 Å². The third kappa shape index (κ3) is 3.96. The Hall–Kier alpha value is -1.11. The summed E-state index contributed by atoms with van der Waals surface area (Å²) in [7, 11) is 3.41. The molecule has 0 bridgehead atoms. The van der Waals surface area contributed by atoms with Gasteiger partial charge in [-0.15, -0.1) is 0 Å². The van der Waals surface area contributed by atoms with Crippen LogP contribution >= 0.6 is 15.9 Å². The van der Waals surface area contributed by atoms with Crippen LogP contribution in [0.3, 0.4) is 0 Å². The van der Waals surface area contributed by atoms with E-state index in [1.165, 1.54) is 0 Å². The molecule has 1 aliphatic heterocycles. The fourth-order valence-electron chi connectivity index (χ4n) is 2.51. The van der Waals surface area contributed by atoms with Gasteiger partial charge in [0, 0.05) is 30.2 Å². The SMILES string of the molecule is COc1ccc(Br)cc1CN(C)C(=O)C1CCC(CN)O1. The van der Waals surface area contributed by atoms with E-state index in [0.717, 1.165) is 28.6 Å². The molecule has 1 amide bonds. The highest BCUT2D eigenvalue weighted by Crippen LogP contribution is 2.25. The van der Waals surface area contributed by atoms with E-state index >= 15 is 0 Å². The molecular weight excluding hydrogens is 336 g/mol. The molecule has 1 heterocycles. The van der Waals surface area contributed by atoms with Gasteiger partial charge in [0.05, 0.1) is 13.2 Å². The zero-order valence-electron chi connectivity index (χ0n) is 12.3. The van der Waals surface area contributed by atoms with Crippen molar-refractivity contribution in [2.45, 2.75) is 31.6 Å². The molecular formula is C15H21BrN2O3. The number of carbonyl (C=O) groups excluding carboxylic acids is 1. The van der Waals surface area contributed by atoms with Crippen LogP contribution in [0.15, 0.2) is 22.7 Å². The number of methoxy groups -OCH3 is 1. The summed E-state index contributed by atoms with van der Waals surface area (Å²) in [5, 5.41) is 0. The highest BCUT2D eigenvalue weighted by molar-refractivity contribution is 9.10. The molecule has 0 radical (unpaired) electrons. The first kappa shape index (κ1) is 16.3. The van der Waals surface area contributed by atoms with Crippen LogP contribution in [0.2, 0.25) is 0 Å². The predicted molar refractivity (Wildman–Crippen MR) is 84.1 cm³/mol. The molecule has 1 saturated heterocycles. The quantitative estimate of drug-likeness (QED) is 0.875. The van der Waals surface area contributed by atoms with Gasteiger partial charge in [-0.2, -0.15) is 0 Å². The smallest absolute Gasteiger partial charge is 0.251 e. The van der Waals surface area contributed by atoms with E-state index in [1.807, 2.05) is 18.2 Å². The summed E-state index contributed by atoms with van der Waals surface area (Å²) >= 11 is 3.44. The molecule has 0 aliphatic carbocycles. The molecule has 1 aromatic rings. The van der Waals surface area contributed by atoms with E-state index in [-0.39, 0.29) is 18.1 Å². The van der Waals surface area contributed by atoms with Gasteiger partial charge in [-0.25, -0.2) is 0 Å². The number of benzene rings is 1. The molecule has 5 nitrogen and oxygen atoms in total. The lowest BCUT2D eigenvalue weighted by molar-refractivity contribution is -0.141. The number of ether oxygens (including phenoxy) is 2. The number of amides is 1. The van der Waals surface area contributed by atoms with E-state index in [1.54, 1.807) is 19.1 Å². The fraction of sp³-hybridized carbons (Fsp3) is 0.533. The number of halogens is 1. The average Bonchev–Trinajstić information content (AvgIpc) is 2.95. The Bertz CT molecular complexity index is 510. The molecule has 2 atom stereocenters. The van der Waals surface area contributed by atoms with Crippen LogP contribution in [0, 0.1) is 0 Å². The van der Waals surface area contributed by atoms with E-state index in [4.69, 9.17) is 15.2 Å². The molecule has 2 rings (SSSR count). The largest absolute Gasteiger partial charge is 0.496 e. The van der Waals surface area contributed by atoms with Crippen molar-refractivity contribution < 1.29 is 14.3 Å². The van der Waals surface area contributed by atoms with Gasteiger partial charge in [-0.1, -0.05) is 15.9 Å². The maximum absolute atomic E-state index is 12.4. The van der Waals surface area contributed by atoms with Crippen molar-refractivity contribution in [2.24, 2.45) is 5.73 Å². The Morgan fingerprint density at radius 2 is 2.29 bits per heavy atom. The second-order valence-electron chi connectivity index (χ2n) is 5.21. The molecule has 2 unspecified atom stereocenters. The van der Waals surface area contributed by atoms with Crippen LogP contribution in [0.1, 0.15) is 18.4 Å². The van der Waals surface area contributed by atoms with Crippen LogP contribution < -0.4 is 10.5 Å². The Balaban J connectivity index is 2.02. The normalized spacial score (nSPS) is 21.3. The molecule has 1 aromatic carbocycles. The minimum atomic E-state index is -0.373. The second-order valence-corrected chi connectivity index (χ2v) is 6.13. The van der Waals surface area contributed by atoms with Gasteiger partial charge in [0.1, 0.15) is 11.9 Å². The predicted octanol–water partition coefficient (Wildman–Crippen LogP) is 1.92. The minimum absolute atomic E-state index is 0.00650. The van der Waals surface area contributed by atoms with E-state index in [2.05, 4.69) is 15.9 Å². The van der Waals surface area contributed by atoms with Crippen LogP contribution in [-0.4, -0.2) is 43.7 Å². The van der Waals surface area contributed by atoms with Crippen LogP contribution in [-0.2, 0) is 16.1 Å². The molecule has 0 spiro atoms. The lowest BCUT2D eigenvalue weighted by atomic mass is 10.1. The molecule has 1 aliphatic rings. The lowest BCUT2D eigenvalue weighted by Crippen LogP contribution is -2.36. The number of rotatable bonds is 5. The first-order valence-electron chi connectivity index (χ1n) is 6.98. The molecule has 1 fully saturated rings. The highest BCUT2D eigenvalue weighted by Gasteiger charge is 2.31. The van der Waals surface area contributed by atoms with Crippen molar-refractivity contribution in [3.05, 3.63) is 28.2 Å². The fourth-order valence-corrected chi connectivity index (χ4v) is 2.92. The highest BCUT2D eigenvalue weighted by atomic mass is 79.9. The van der Waals surface area contributed by atoms with Gasteiger partial charge in [0.25, 0.3) is 5.91 Å². The topological polar surface area (TPSA) is 64.8 Å². The minimum Gasteiger partial charge on any atom is -0.496 e. The van der Waals surface area contributed by atoms with Crippen LogP contribution in [0.5, 0.6) is 5.75 Å². The third-order valence-corrected chi connectivity index (χ3v) is 4.17. The van der Waals surface area contributed by atoms with Crippen molar-refractivity contribution in [3.63, 3.8) is 0 Å². The van der Waals surface area contributed by atoms with Gasteiger partial charge in [-0.3, -0.25) is 4.79 Å². The molecule has 116 valence electrons. The van der Waals surface area contributed by atoms with Crippen molar-refractivity contribution in [1.82, 2.24) is 4.90 Å². The summed E-state index contributed by atoms with van der Waals surface area (Å²) in [6.45, 7) is 0.946. The van der Waals surface area contributed by atoms with E-state index in [0.29, 0.717) is 13.1 Å². The summed E-state index contributed by atoms with van der Waals surface area (Å²) in [5.41, 5.74) is 6.53. The van der Waals surface area contributed by atoms with Gasteiger partial charge >= 0.3 is 0 Å². The second kappa shape index (κ2) is 7.24. The summed E-state index contributed by atoms with van der Waals surface area (Å²) < 4.78 is 11.9. The molecule has 21 heavy (non-hydrogen) atoms. The number of nitrogens with two attached hydrogens (primary N) is 1. The molecule has 6 heteroatoms. The number of carbonyl (C=O) groups is 1. The number of hydrogen-bond acceptors (Lipinski definition) is 4. The summed E-state index contributed by atoms with van der Waals surface area (Å²) in [4.78, 5) is 14.1. The standard InChI is InChI=1S/C15H21BrN2O3/c1-18(15(19)14-6-4-12(8-17)21-14)9-10-7-11(16)3-5-13(10)20-2/h3,5,7,12,14H,4,6,8-9,17H2,1-2H3. The van der Waals surface area contributed by atoms with E-state index in [9.17, 15) is 4.79 Å². The molecule has 0 saturated carbocycles. The summed E-state index contributed by atoms with van der Waals surface area (Å²) in [6, 6.07) is 5.76. The Kier molecular flexibility index (Phi) is 5.61. The zero-order valence-corrected chi connectivity index (χ0v) is 13.9. The summed E-state index contributed by atoms with van der Waals surface area (Å²) in [5.74, 6) is 0.762. The van der Waals surface area contributed by atoms with Crippen molar-refractivity contribution in [3.8, 4) is 5.75 Å². The first-order chi connectivity index (χ1) is 10.0. The Labute approximate surface area is 133 Å².